The molecule has 0 saturated carbocycles. The number of carbonyl (C=O) groups excluding carboxylic acids is 3. The van der Waals surface area contributed by atoms with Gasteiger partial charge in [0.2, 0.25) is 0 Å². The van der Waals surface area contributed by atoms with Gasteiger partial charge in [-0.3, -0.25) is 0 Å². The van der Waals surface area contributed by atoms with E-state index in [1.54, 1.807) is 19.9 Å². The lowest BCUT2D eigenvalue weighted by atomic mass is 10.0. The van der Waals surface area contributed by atoms with Crippen molar-refractivity contribution in [3.63, 3.8) is 0 Å². The third-order valence-corrected chi connectivity index (χ3v) is 3.53. The lowest BCUT2D eigenvalue weighted by Crippen LogP contribution is -2.50. The number of hydrogen-bond donors (Lipinski definition) is 2. The summed E-state index contributed by atoms with van der Waals surface area (Å²) in [7, 11) is 0. The first-order valence-corrected chi connectivity index (χ1v) is 7.99. The zero-order chi connectivity index (χ0) is 19.1. The molecule has 0 unspecified atom stereocenters. The molecule has 0 fully saturated rings. The molecule has 0 aliphatic carbocycles. The molecule has 2 rings (SSSR count). The van der Waals surface area contributed by atoms with E-state index in [0.717, 1.165) is 6.08 Å². The number of nitrogens with one attached hydrogen (secondary N) is 2. The van der Waals surface area contributed by atoms with Gasteiger partial charge in [0.25, 0.3) is 0 Å². The molecule has 0 radical (unpaired) electrons. The molecule has 8 heteroatoms. The summed E-state index contributed by atoms with van der Waals surface area (Å²) in [6.07, 6.45) is 2.34. The molecule has 1 aromatic rings. The number of benzene rings is 1. The van der Waals surface area contributed by atoms with Gasteiger partial charge in [0, 0.05) is 11.6 Å². The van der Waals surface area contributed by atoms with Gasteiger partial charge in [-0.25, -0.2) is 18.8 Å². The van der Waals surface area contributed by atoms with Crippen LogP contribution in [0.4, 0.5) is 9.18 Å². The minimum absolute atomic E-state index is 0.146. The van der Waals surface area contributed by atoms with Crippen LogP contribution in [0, 0.1) is 5.82 Å². The number of ether oxygens (including phenoxy) is 2. The maximum atomic E-state index is 13.5. The normalized spacial score (nSPS) is 16.9. The Bertz CT molecular complexity index is 773. The first-order valence-electron chi connectivity index (χ1n) is 7.99. The van der Waals surface area contributed by atoms with Crippen molar-refractivity contribution in [3.05, 3.63) is 53.0 Å². The average molecular weight is 362 g/mol. The summed E-state index contributed by atoms with van der Waals surface area (Å²) in [5, 5.41) is 4.98. The van der Waals surface area contributed by atoms with Crippen LogP contribution in [0.1, 0.15) is 19.4 Å². The van der Waals surface area contributed by atoms with Gasteiger partial charge in [-0.15, -0.1) is 0 Å². The second-order valence-corrected chi connectivity index (χ2v) is 5.40. The number of hydrogen-bond acceptors (Lipinski definition) is 5. The Morgan fingerprint density at radius 1 is 1.27 bits per heavy atom. The molecule has 0 bridgehead atoms. The van der Waals surface area contributed by atoms with Crippen LogP contribution >= 0.6 is 0 Å². The topological polar surface area (TPSA) is 93.7 Å². The van der Waals surface area contributed by atoms with Gasteiger partial charge in [0.1, 0.15) is 12.4 Å². The number of urea groups is 1. The van der Waals surface area contributed by atoms with Crippen molar-refractivity contribution < 1.29 is 28.2 Å². The van der Waals surface area contributed by atoms with Crippen LogP contribution in [0.5, 0.6) is 0 Å². The molecule has 1 aliphatic heterocycles. The van der Waals surface area contributed by atoms with Gasteiger partial charge in [-0.1, -0.05) is 18.2 Å². The number of carbonyl (C=O) groups is 3. The Morgan fingerprint density at radius 2 is 2.00 bits per heavy atom. The molecule has 138 valence electrons. The molecule has 0 saturated heterocycles. The summed E-state index contributed by atoms with van der Waals surface area (Å²) in [6, 6.07) is 4.85. The standard InChI is InChI=1S/C18H19FN2O5/c1-3-25-17(23)16-11(2)20-18(24)21-14(16)10-26-15(22)9-8-12-6-4-5-7-13(12)19/h4-9,11H,3,10H2,1-2H3,(H2,20,21,24)/b9-8-/t11-/m1/s1. The smallest absolute Gasteiger partial charge is 0.338 e. The van der Waals surface area contributed by atoms with Crippen molar-refractivity contribution in [1.82, 2.24) is 10.6 Å². The summed E-state index contributed by atoms with van der Waals surface area (Å²) in [4.78, 5) is 35.5. The third-order valence-electron chi connectivity index (χ3n) is 3.53. The Balaban J connectivity index is 2.08. The Morgan fingerprint density at radius 3 is 2.69 bits per heavy atom. The van der Waals surface area contributed by atoms with E-state index in [4.69, 9.17) is 9.47 Å². The summed E-state index contributed by atoms with van der Waals surface area (Å²) in [5.74, 6) is -1.83. The fraction of sp³-hybridized carbons (Fsp3) is 0.278. The Hall–Kier alpha value is -3.16. The average Bonchev–Trinajstić information content (AvgIpc) is 2.58. The molecule has 1 aliphatic rings. The Labute approximate surface area is 149 Å². The monoisotopic (exact) mass is 362 g/mol. The first-order chi connectivity index (χ1) is 12.4. The zero-order valence-electron chi connectivity index (χ0n) is 14.4. The molecule has 2 N–H and O–H groups in total. The molecule has 1 atom stereocenters. The van der Waals surface area contributed by atoms with Crippen molar-refractivity contribution in [1.29, 1.82) is 0 Å². The maximum Gasteiger partial charge on any atom is 0.338 e. The minimum Gasteiger partial charge on any atom is -0.463 e. The van der Waals surface area contributed by atoms with E-state index in [0.29, 0.717) is 0 Å². The molecular weight excluding hydrogens is 343 g/mol. The van der Waals surface area contributed by atoms with Crippen LogP contribution in [0.3, 0.4) is 0 Å². The number of halogens is 1. The van der Waals surface area contributed by atoms with Gasteiger partial charge in [0.15, 0.2) is 0 Å². The number of esters is 2. The van der Waals surface area contributed by atoms with E-state index >= 15 is 0 Å². The van der Waals surface area contributed by atoms with Crippen molar-refractivity contribution in [2.45, 2.75) is 19.9 Å². The highest BCUT2D eigenvalue weighted by molar-refractivity contribution is 5.95. The quantitative estimate of drug-likeness (QED) is 0.595. The lowest BCUT2D eigenvalue weighted by molar-refractivity contribution is -0.140. The van der Waals surface area contributed by atoms with Crippen LogP contribution in [0.15, 0.2) is 41.6 Å². The highest BCUT2D eigenvalue weighted by atomic mass is 19.1. The minimum atomic E-state index is -0.746. The van der Waals surface area contributed by atoms with Gasteiger partial charge < -0.3 is 20.1 Å². The van der Waals surface area contributed by atoms with Gasteiger partial charge in [-0.05, 0) is 26.0 Å². The summed E-state index contributed by atoms with van der Waals surface area (Å²) >= 11 is 0. The molecular formula is C18H19FN2O5. The number of rotatable bonds is 6. The fourth-order valence-electron chi connectivity index (χ4n) is 2.35. The lowest BCUT2D eigenvalue weighted by Gasteiger charge is -2.26. The van der Waals surface area contributed by atoms with Crippen molar-refractivity contribution >= 4 is 24.0 Å². The molecule has 26 heavy (non-hydrogen) atoms. The molecule has 7 nitrogen and oxygen atoms in total. The molecule has 1 aromatic carbocycles. The molecule has 0 spiro atoms. The molecule has 1 heterocycles. The summed E-state index contributed by atoms with van der Waals surface area (Å²) in [5.41, 5.74) is 0.560. The molecule has 2 amide bonds. The van der Waals surface area contributed by atoms with Crippen LogP contribution in [0.25, 0.3) is 6.08 Å². The summed E-state index contributed by atoms with van der Waals surface area (Å²) in [6.45, 7) is 3.11. The van der Waals surface area contributed by atoms with Crippen LogP contribution in [0.2, 0.25) is 0 Å². The summed E-state index contributed by atoms with van der Waals surface area (Å²) < 4.78 is 23.5. The second kappa shape index (κ2) is 8.80. The van der Waals surface area contributed by atoms with Gasteiger partial charge >= 0.3 is 18.0 Å². The van der Waals surface area contributed by atoms with Crippen molar-refractivity contribution in [2.24, 2.45) is 0 Å². The van der Waals surface area contributed by atoms with Crippen LogP contribution < -0.4 is 10.6 Å². The van der Waals surface area contributed by atoms with E-state index in [-0.39, 0.29) is 30.0 Å². The largest absolute Gasteiger partial charge is 0.463 e. The van der Waals surface area contributed by atoms with Gasteiger partial charge in [0.05, 0.1) is 23.9 Å². The van der Waals surface area contributed by atoms with Crippen molar-refractivity contribution in [3.8, 4) is 0 Å². The SMILES string of the molecule is CCOC(=O)C1=C(COC(=O)/C=C\c2ccccc2F)NC(=O)N[C@@H]1C. The highest BCUT2D eigenvalue weighted by Gasteiger charge is 2.30. The van der Waals surface area contributed by atoms with E-state index in [1.807, 2.05) is 0 Å². The van der Waals surface area contributed by atoms with Gasteiger partial charge in [-0.2, -0.15) is 0 Å². The predicted octanol–water partition coefficient (Wildman–Crippen LogP) is 1.90. The fourth-order valence-corrected chi connectivity index (χ4v) is 2.35. The van der Waals surface area contributed by atoms with Crippen molar-refractivity contribution in [2.75, 3.05) is 13.2 Å². The highest BCUT2D eigenvalue weighted by Crippen LogP contribution is 2.15. The number of amides is 2. The van der Waals surface area contributed by atoms with E-state index < -0.39 is 29.8 Å². The van der Waals surface area contributed by atoms with E-state index in [1.165, 1.54) is 24.3 Å². The zero-order valence-corrected chi connectivity index (χ0v) is 14.4. The van der Waals surface area contributed by atoms with Crippen LogP contribution in [-0.4, -0.2) is 37.2 Å². The molecule has 0 aromatic heterocycles. The predicted molar refractivity (Wildman–Crippen MR) is 91.2 cm³/mol. The van der Waals surface area contributed by atoms with E-state index in [2.05, 4.69) is 10.6 Å². The van der Waals surface area contributed by atoms with E-state index in [9.17, 15) is 18.8 Å². The second-order valence-electron chi connectivity index (χ2n) is 5.40. The van der Waals surface area contributed by atoms with Crippen LogP contribution in [-0.2, 0) is 19.1 Å². The maximum absolute atomic E-state index is 13.5. The Kier molecular flexibility index (Phi) is 6.48. The third kappa shape index (κ3) is 4.92. The first kappa shape index (κ1) is 19.2.